The molecule has 0 amide bonds. The second-order valence-corrected chi connectivity index (χ2v) is 20.3. The first-order valence-corrected chi connectivity index (χ1v) is 28.0. The minimum Gasteiger partial charge on any atom is -0.463 e. The van der Waals surface area contributed by atoms with E-state index >= 15 is 0 Å². The van der Waals surface area contributed by atoms with Gasteiger partial charge in [0.15, 0.2) is 86.2 Å². The molecule has 0 N–H and O–H groups in total. The summed E-state index contributed by atoms with van der Waals surface area (Å²) in [6, 6.07) is 0. The van der Waals surface area contributed by atoms with E-state index in [9.17, 15) is 67.1 Å². The number of carbonyl (C=O) groups is 14. The first kappa shape index (κ1) is 76.3. The van der Waals surface area contributed by atoms with E-state index in [-0.39, 0.29) is 0 Å². The van der Waals surface area contributed by atoms with Gasteiger partial charge in [-0.3, -0.25) is 67.1 Å². The van der Waals surface area contributed by atoms with Crippen LogP contribution in [0.5, 0.6) is 0 Å². The second kappa shape index (κ2) is 36.2. The normalized spacial score (nSPS) is 30.6. The summed E-state index contributed by atoms with van der Waals surface area (Å²) in [7, 11) is 0. The van der Waals surface area contributed by atoms with Crippen LogP contribution in [0.1, 0.15) is 96.9 Å². The molecule has 0 aliphatic carbocycles. The fourth-order valence-electron chi connectivity index (χ4n) is 9.56. The van der Waals surface area contributed by atoms with E-state index in [1.165, 1.54) is 0 Å². The highest BCUT2D eigenvalue weighted by Crippen LogP contribution is 2.38. The fraction of sp³-hybridized carbons (Fsp3) is 0.714. The van der Waals surface area contributed by atoms with Crippen LogP contribution in [0.4, 0.5) is 0 Å². The summed E-state index contributed by atoms with van der Waals surface area (Å²) in [5.41, 5.74) is 0. The van der Waals surface area contributed by atoms with Gasteiger partial charge < -0.3 is 104 Å². The van der Waals surface area contributed by atoms with Crippen LogP contribution in [0, 0.1) is 11.8 Å². The van der Waals surface area contributed by atoms with E-state index in [2.05, 4.69) is 11.8 Å². The Balaban J connectivity index is 1.73. The summed E-state index contributed by atoms with van der Waals surface area (Å²) in [4.78, 5) is 176. The molecule has 36 heteroatoms. The molecule has 0 radical (unpaired) electrons. The monoisotopic (exact) mass is 1320 g/mol. The van der Waals surface area contributed by atoms with Crippen molar-refractivity contribution in [3.63, 3.8) is 0 Å². The number of hydrogen-bond acceptors (Lipinski definition) is 36. The first-order valence-electron chi connectivity index (χ1n) is 28.0. The summed E-state index contributed by atoms with van der Waals surface area (Å²) < 4.78 is 125. The highest BCUT2D eigenvalue weighted by atomic mass is 16.8. The van der Waals surface area contributed by atoms with Crippen molar-refractivity contribution < 1.29 is 171 Å². The van der Waals surface area contributed by atoms with Gasteiger partial charge in [-0.2, -0.15) is 0 Å². The van der Waals surface area contributed by atoms with Gasteiger partial charge in [0.2, 0.25) is 0 Å². The molecule has 4 aliphatic rings. The molecule has 20 atom stereocenters. The molecule has 0 unspecified atom stereocenters. The zero-order valence-corrected chi connectivity index (χ0v) is 52.5. The maximum atomic E-state index is 13.0. The number of rotatable bonds is 26. The van der Waals surface area contributed by atoms with Crippen molar-refractivity contribution in [1.29, 1.82) is 0 Å². The number of hydrogen-bond donors (Lipinski definition) is 0. The highest BCUT2D eigenvalue weighted by molar-refractivity contribution is 5.71. The third kappa shape index (κ3) is 24.1. The summed E-state index contributed by atoms with van der Waals surface area (Å²) in [5, 5.41) is 0. The Morgan fingerprint density at radius 2 is 0.424 bits per heavy atom. The Morgan fingerprint density at radius 3 is 0.652 bits per heavy atom. The van der Waals surface area contributed by atoms with Crippen molar-refractivity contribution in [2.75, 3.05) is 39.6 Å². The molecule has 0 bridgehead atoms. The summed E-state index contributed by atoms with van der Waals surface area (Å²) >= 11 is 0. The summed E-state index contributed by atoms with van der Waals surface area (Å²) in [6.45, 7) is 9.58. The van der Waals surface area contributed by atoms with E-state index in [1.807, 2.05) is 0 Å². The van der Waals surface area contributed by atoms with Crippen molar-refractivity contribution in [3.8, 4) is 11.8 Å². The molecule has 4 rings (SSSR count). The van der Waals surface area contributed by atoms with Gasteiger partial charge in [-0.1, -0.05) is 11.8 Å². The number of carbonyl (C=O) groups excluding carboxylic acids is 14. The molecule has 92 heavy (non-hydrogen) atoms. The van der Waals surface area contributed by atoms with Gasteiger partial charge in [0, 0.05) is 96.9 Å². The van der Waals surface area contributed by atoms with Crippen LogP contribution in [0.15, 0.2) is 0 Å². The smallest absolute Gasteiger partial charge is 0.303 e. The Bertz CT molecular complexity index is 2560. The van der Waals surface area contributed by atoms with E-state index in [4.69, 9.17) is 104 Å². The lowest BCUT2D eigenvalue weighted by Gasteiger charge is -2.48. The van der Waals surface area contributed by atoms with Gasteiger partial charge >= 0.3 is 83.6 Å². The predicted octanol–water partition coefficient (Wildman–Crippen LogP) is -1.74. The largest absolute Gasteiger partial charge is 0.463 e. The van der Waals surface area contributed by atoms with Crippen molar-refractivity contribution in [1.82, 2.24) is 0 Å². The van der Waals surface area contributed by atoms with Crippen molar-refractivity contribution in [2.45, 2.75) is 220 Å². The molecule has 0 saturated carbocycles. The van der Waals surface area contributed by atoms with E-state index in [1.54, 1.807) is 0 Å². The predicted molar refractivity (Wildman–Crippen MR) is 286 cm³/mol. The Kier molecular flexibility index (Phi) is 30.0. The van der Waals surface area contributed by atoms with Crippen LogP contribution < -0.4 is 0 Å². The van der Waals surface area contributed by atoms with E-state index < -0.39 is 246 Å². The summed E-state index contributed by atoms with van der Waals surface area (Å²) in [6.07, 6.45) is -35.4. The van der Waals surface area contributed by atoms with Crippen LogP contribution in [0.25, 0.3) is 0 Å². The van der Waals surface area contributed by atoms with Crippen LogP contribution in [-0.4, -0.2) is 246 Å². The maximum absolute atomic E-state index is 13.0. The average Bonchev–Trinajstić information content (AvgIpc) is 0.779. The molecule has 0 aromatic carbocycles. The zero-order chi connectivity index (χ0) is 68.8. The van der Waals surface area contributed by atoms with Crippen LogP contribution in [0.2, 0.25) is 0 Å². The molecule has 0 aromatic rings. The minimum atomic E-state index is -1.97. The van der Waals surface area contributed by atoms with E-state index in [0.29, 0.717) is 0 Å². The molecule has 4 aliphatic heterocycles. The van der Waals surface area contributed by atoms with Gasteiger partial charge in [0.25, 0.3) is 0 Å². The average molecular weight is 1320 g/mol. The molecule has 0 spiro atoms. The van der Waals surface area contributed by atoms with Gasteiger partial charge in [0.1, 0.15) is 76.3 Å². The maximum Gasteiger partial charge on any atom is 0.303 e. The van der Waals surface area contributed by atoms with Crippen molar-refractivity contribution in [2.24, 2.45) is 0 Å². The lowest BCUT2D eigenvalue weighted by Crippen LogP contribution is -2.67. The quantitative estimate of drug-likeness (QED) is 0.0527. The number of ether oxygens (including phenoxy) is 22. The molecule has 514 valence electrons. The highest BCUT2D eigenvalue weighted by Gasteiger charge is 2.60. The third-order valence-corrected chi connectivity index (χ3v) is 12.5. The van der Waals surface area contributed by atoms with Gasteiger partial charge in [-0.05, 0) is 0 Å². The molecule has 0 aromatic heterocycles. The standard InChI is InChI=1S/C56H74O36/c1-23(57)73-19-37-41(77-27(5)61)45(79-29(7)63)51(85-35(13)69)55(89-37)91-43-39(21-75-25(3)59)87-53(49(83-33(11)67)47(43)81-31(9)65)71-17-15-16-18-72-54-50(84-34(12)68)48(82-32(10)66)44(40(88-54)22-76-26(4)60)92-56-52(86-36(14)70)46(80-30(8)64)42(78-28(6)62)38(90-56)20-74-24(2)58/h37-56H,17-22H2,1-14H3/t37-,38-,39-,40-,41+,42+,43-,44-,45+,46+,47+,48+,49-,50-,51-,52-,53-,54-,55+,56+/m1/s1. The topological polar surface area (TPSA) is 442 Å². The van der Waals surface area contributed by atoms with Crippen molar-refractivity contribution >= 4 is 83.6 Å². The minimum absolute atomic E-state index is 0.681. The Morgan fingerprint density at radius 1 is 0.239 bits per heavy atom. The molecule has 36 nitrogen and oxygen atoms in total. The lowest BCUT2D eigenvalue weighted by molar-refractivity contribution is -0.360. The van der Waals surface area contributed by atoms with Crippen molar-refractivity contribution in [3.05, 3.63) is 0 Å². The van der Waals surface area contributed by atoms with Crippen LogP contribution >= 0.6 is 0 Å². The fourth-order valence-corrected chi connectivity index (χ4v) is 9.56. The third-order valence-electron chi connectivity index (χ3n) is 12.5. The Labute approximate surface area is 525 Å². The van der Waals surface area contributed by atoms with Gasteiger partial charge in [0.05, 0.1) is 0 Å². The van der Waals surface area contributed by atoms with Gasteiger partial charge in [-0.25, -0.2) is 0 Å². The van der Waals surface area contributed by atoms with Crippen LogP contribution in [0.3, 0.4) is 0 Å². The Hall–Kier alpha value is -8.18. The SMILES string of the molecule is CC(=O)OC[C@H]1O[C@@H](O[C@H]2[C@H](OC(C)=O)[C@@H](OC(C)=O)[C@H](OCC#CCO[C@@H]3O[C@H](COC(C)=O)[C@@H](O[C@@H]4O[C@H](COC(C)=O)[C@H](OC(C)=O)[C@H](OC(C)=O)[C@H]4OC(C)=O)[C@H](OC(C)=O)[C@H]3OC(C)=O)O[C@@H]2COC(C)=O)[C@H](OC(C)=O)[C@@H](OC(C)=O)[C@H]1OC(C)=O. The molecule has 4 fully saturated rings. The summed E-state index contributed by atoms with van der Waals surface area (Å²) in [5.74, 6) is -8.27. The molecular formula is C56H74O36. The molecular weight excluding hydrogens is 1250 g/mol. The van der Waals surface area contributed by atoms with E-state index in [0.717, 1.165) is 96.9 Å². The number of esters is 14. The first-order chi connectivity index (χ1) is 43.1. The molecule has 4 heterocycles. The lowest BCUT2D eigenvalue weighted by atomic mass is 9.96. The zero-order valence-electron chi connectivity index (χ0n) is 52.5. The van der Waals surface area contributed by atoms with Gasteiger partial charge in [-0.15, -0.1) is 0 Å². The molecule has 4 saturated heterocycles. The van der Waals surface area contributed by atoms with Crippen LogP contribution in [-0.2, 0) is 171 Å². The second-order valence-electron chi connectivity index (χ2n) is 20.3.